The summed E-state index contributed by atoms with van der Waals surface area (Å²) in [7, 11) is 0. The lowest BCUT2D eigenvalue weighted by Crippen LogP contribution is -2.55. The number of carbonyl (C=O) groups excluding carboxylic acids is 2. The zero-order chi connectivity index (χ0) is 18.5. The number of nitrogens with zero attached hydrogens (tertiary/aromatic N) is 1. The predicted octanol–water partition coefficient (Wildman–Crippen LogP) is 2.07. The molecule has 0 unspecified atom stereocenters. The van der Waals surface area contributed by atoms with E-state index >= 15 is 0 Å². The van der Waals surface area contributed by atoms with Crippen LogP contribution in [0.2, 0.25) is 0 Å². The Morgan fingerprint density at radius 3 is 2.28 bits per heavy atom. The van der Waals surface area contributed by atoms with Crippen molar-refractivity contribution >= 4 is 11.8 Å². The van der Waals surface area contributed by atoms with Crippen LogP contribution < -0.4 is 10.6 Å². The summed E-state index contributed by atoms with van der Waals surface area (Å²) in [6, 6.07) is 10.00. The Balaban J connectivity index is 2.24. The molecule has 1 aromatic rings. The summed E-state index contributed by atoms with van der Waals surface area (Å²) in [5, 5.41) is 6.29. The van der Waals surface area contributed by atoms with Crippen LogP contribution >= 0.6 is 0 Å². The minimum Gasteiger partial charge on any atom is -0.350 e. The summed E-state index contributed by atoms with van der Waals surface area (Å²) in [4.78, 5) is 27.5. The molecule has 0 saturated carbocycles. The topological polar surface area (TPSA) is 61.4 Å². The van der Waals surface area contributed by atoms with Crippen LogP contribution in [0.5, 0.6) is 0 Å². The van der Waals surface area contributed by atoms with Crippen molar-refractivity contribution in [2.75, 3.05) is 26.2 Å². The van der Waals surface area contributed by atoms with Crippen LogP contribution in [0.15, 0.2) is 30.3 Å². The Morgan fingerprint density at radius 1 is 1.16 bits per heavy atom. The molecule has 138 valence electrons. The van der Waals surface area contributed by atoms with Crippen LogP contribution in [0.1, 0.15) is 46.1 Å². The highest BCUT2D eigenvalue weighted by Gasteiger charge is 2.43. The van der Waals surface area contributed by atoms with Gasteiger partial charge in [0.05, 0.1) is 12.0 Å². The maximum absolute atomic E-state index is 13.5. The molecule has 0 bridgehead atoms. The molecule has 0 atom stereocenters. The first-order chi connectivity index (χ1) is 11.8. The van der Waals surface area contributed by atoms with E-state index in [-0.39, 0.29) is 23.9 Å². The summed E-state index contributed by atoms with van der Waals surface area (Å²) in [5.74, 6) is -0.0494. The smallest absolute Gasteiger partial charge is 0.240 e. The van der Waals surface area contributed by atoms with Crippen molar-refractivity contribution in [2.24, 2.45) is 0 Å². The van der Waals surface area contributed by atoms with E-state index < -0.39 is 5.41 Å². The molecule has 25 heavy (non-hydrogen) atoms. The highest BCUT2D eigenvalue weighted by molar-refractivity contribution is 5.92. The van der Waals surface area contributed by atoms with Crippen LogP contribution in [0.3, 0.4) is 0 Å². The third-order valence-corrected chi connectivity index (χ3v) is 4.71. The van der Waals surface area contributed by atoms with Gasteiger partial charge in [-0.1, -0.05) is 30.3 Å². The molecule has 1 aliphatic rings. The Morgan fingerprint density at radius 2 is 1.76 bits per heavy atom. The Bertz CT molecular complexity index is 587. The third-order valence-electron chi connectivity index (χ3n) is 4.71. The van der Waals surface area contributed by atoms with Gasteiger partial charge in [-0.15, -0.1) is 0 Å². The van der Waals surface area contributed by atoms with E-state index in [9.17, 15) is 9.59 Å². The van der Waals surface area contributed by atoms with E-state index in [2.05, 4.69) is 10.6 Å². The lowest BCUT2D eigenvalue weighted by Gasteiger charge is -2.40. The lowest BCUT2D eigenvalue weighted by atomic mass is 9.72. The van der Waals surface area contributed by atoms with E-state index in [1.54, 1.807) is 4.90 Å². The molecule has 2 amide bonds. The molecule has 1 heterocycles. The average molecular weight is 345 g/mol. The molecule has 2 N–H and O–H groups in total. The van der Waals surface area contributed by atoms with Crippen molar-refractivity contribution in [2.45, 2.75) is 51.5 Å². The molecule has 0 spiro atoms. The van der Waals surface area contributed by atoms with Gasteiger partial charge >= 0.3 is 0 Å². The van der Waals surface area contributed by atoms with Crippen LogP contribution in [0, 0.1) is 0 Å². The first-order valence-electron chi connectivity index (χ1n) is 9.15. The third kappa shape index (κ3) is 4.82. The van der Waals surface area contributed by atoms with Gasteiger partial charge < -0.3 is 15.5 Å². The van der Waals surface area contributed by atoms with E-state index in [0.29, 0.717) is 6.54 Å². The molecule has 1 fully saturated rings. The van der Waals surface area contributed by atoms with Crippen LogP contribution in [-0.2, 0) is 15.0 Å². The Labute approximate surface area is 151 Å². The van der Waals surface area contributed by atoms with Crippen LogP contribution in [0.4, 0.5) is 0 Å². The molecule has 0 aliphatic carbocycles. The molecular formula is C20H31N3O2. The summed E-state index contributed by atoms with van der Waals surface area (Å²) in [6.45, 7) is 10.0. The lowest BCUT2D eigenvalue weighted by molar-refractivity contribution is -0.142. The van der Waals surface area contributed by atoms with Crippen molar-refractivity contribution in [3.8, 4) is 0 Å². The van der Waals surface area contributed by atoms with Gasteiger partial charge in [0.15, 0.2) is 0 Å². The van der Waals surface area contributed by atoms with Crippen LogP contribution in [-0.4, -0.2) is 48.4 Å². The number of likely N-dealkylation sites (N-methyl/N-ethyl adjacent to an activating group) is 1. The van der Waals surface area contributed by atoms with Crippen molar-refractivity contribution in [3.63, 3.8) is 0 Å². The monoisotopic (exact) mass is 345 g/mol. The largest absolute Gasteiger partial charge is 0.350 e. The van der Waals surface area contributed by atoms with E-state index in [1.165, 1.54) is 0 Å². The standard InChI is InChI=1S/C20H31N3O2/c1-5-23(15-17(24)22-19(2,3)4)18(25)20(11-13-21-14-12-20)16-9-7-6-8-10-16/h6-10,21H,5,11-15H2,1-4H3,(H,22,24). The van der Waals surface area contributed by atoms with Crippen molar-refractivity contribution < 1.29 is 9.59 Å². The van der Waals surface area contributed by atoms with Gasteiger partial charge in [-0.2, -0.15) is 0 Å². The molecular weight excluding hydrogens is 314 g/mol. The number of piperidine rings is 1. The van der Waals surface area contributed by atoms with E-state index in [4.69, 9.17) is 0 Å². The molecule has 5 heteroatoms. The van der Waals surface area contributed by atoms with Gasteiger partial charge in [0.1, 0.15) is 0 Å². The molecule has 0 aromatic heterocycles. The summed E-state index contributed by atoms with van der Waals surface area (Å²) < 4.78 is 0. The second-order valence-electron chi connectivity index (χ2n) is 7.82. The second-order valence-corrected chi connectivity index (χ2v) is 7.82. The van der Waals surface area contributed by atoms with Gasteiger partial charge in [0, 0.05) is 12.1 Å². The van der Waals surface area contributed by atoms with Gasteiger partial charge in [0.2, 0.25) is 11.8 Å². The molecule has 5 nitrogen and oxygen atoms in total. The number of rotatable bonds is 5. The van der Waals surface area contributed by atoms with Crippen molar-refractivity contribution in [1.29, 1.82) is 0 Å². The maximum atomic E-state index is 13.5. The molecule has 0 radical (unpaired) electrons. The van der Waals surface area contributed by atoms with E-state index in [1.807, 2.05) is 58.0 Å². The predicted molar refractivity (Wildman–Crippen MR) is 100 cm³/mol. The minimum atomic E-state index is -0.537. The van der Waals surface area contributed by atoms with Gasteiger partial charge in [-0.05, 0) is 59.2 Å². The quantitative estimate of drug-likeness (QED) is 0.859. The number of carbonyl (C=O) groups is 2. The SMILES string of the molecule is CCN(CC(=O)NC(C)(C)C)C(=O)C1(c2ccccc2)CCNCC1. The summed E-state index contributed by atoms with van der Waals surface area (Å²) in [5.41, 5.74) is 0.215. The maximum Gasteiger partial charge on any atom is 0.240 e. The van der Waals surface area contributed by atoms with Gasteiger partial charge in [0.25, 0.3) is 0 Å². The fourth-order valence-corrected chi connectivity index (χ4v) is 3.50. The summed E-state index contributed by atoms with van der Waals surface area (Å²) in [6.07, 6.45) is 1.51. The second kappa shape index (κ2) is 8.00. The van der Waals surface area contributed by atoms with E-state index in [0.717, 1.165) is 31.5 Å². The zero-order valence-electron chi connectivity index (χ0n) is 15.9. The highest BCUT2D eigenvalue weighted by Crippen LogP contribution is 2.35. The molecule has 1 aliphatic heterocycles. The first kappa shape index (κ1) is 19.4. The minimum absolute atomic E-state index is 0.0618. The number of hydrogen-bond donors (Lipinski definition) is 2. The van der Waals surface area contributed by atoms with Crippen molar-refractivity contribution in [1.82, 2.24) is 15.5 Å². The molecule has 1 saturated heterocycles. The van der Waals surface area contributed by atoms with Gasteiger partial charge in [-0.3, -0.25) is 9.59 Å². The first-order valence-corrected chi connectivity index (χ1v) is 9.15. The Kier molecular flexibility index (Phi) is 6.22. The number of nitrogens with one attached hydrogen (secondary N) is 2. The zero-order valence-corrected chi connectivity index (χ0v) is 15.9. The van der Waals surface area contributed by atoms with Crippen LogP contribution in [0.25, 0.3) is 0 Å². The molecule has 1 aromatic carbocycles. The highest BCUT2D eigenvalue weighted by atomic mass is 16.2. The fourth-order valence-electron chi connectivity index (χ4n) is 3.50. The number of amides is 2. The average Bonchev–Trinajstić information content (AvgIpc) is 2.59. The normalized spacial score (nSPS) is 17.0. The molecule has 2 rings (SSSR count). The Hall–Kier alpha value is -1.88. The summed E-state index contributed by atoms with van der Waals surface area (Å²) >= 11 is 0. The fraction of sp³-hybridized carbons (Fsp3) is 0.600. The van der Waals surface area contributed by atoms with Gasteiger partial charge in [-0.25, -0.2) is 0 Å². The number of benzene rings is 1. The number of hydrogen-bond acceptors (Lipinski definition) is 3. The van der Waals surface area contributed by atoms with Crippen molar-refractivity contribution in [3.05, 3.63) is 35.9 Å².